The fourth-order valence-corrected chi connectivity index (χ4v) is 2.45. The van der Waals surface area contributed by atoms with E-state index in [4.69, 9.17) is 4.42 Å². The zero-order chi connectivity index (χ0) is 15.5. The molecule has 0 bridgehead atoms. The third-order valence-corrected chi connectivity index (χ3v) is 3.78. The number of rotatable bonds is 4. The molecule has 22 heavy (non-hydrogen) atoms. The summed E-state index contributed by atoms with van der Waals surface area (Å²) in [6, 6.07) is 16.2. The molecule has 0 unspecified atom stereocenters. The van der Waals surface area contributed by atoms with E-state index in [-0.39, 0.29) is 17.0 Å². The quantitative estimate of drug-likeness (QED) is 0.750. The molecule has 110 valence electrons. The molecule has 1 heterocycles. The Bertz CT molecular complexity index is 882. The van der Waals surface area contributed by atoms with Gasteiger partial charge in [-0.05, 0) is 17.7 Å². The average molecular weight is 310 g/mol. The van der Waals surface area contributed by atoms with Crippen LogP contribution >= 0.6 is 12.6 Å². The smallest absolute Gasteiger partial charge is 0.193 e. The molecule has 0 amide bonds. The average Bonchev–Trinajstić information content (AvgIpc) is 2.55. The summed E-state index contributed by atoms with van der Waals surface area (Å²) in [5.41, 5.74) is 2.07. The molecule has 3 aromatic rings. The van der Waals surface area contributed by atoms with Gasteiger partial charge in [0.25, 0.3) is 0 Å². The Morgan fingerprint density at radius 1 is 1.05 bits per heavy atom. The summed E-state index contributed by atoms with van der Waals surface area (Å²) in [6.45, 7) is 0. The summed E-state index contributed by atoms with van der Waals surface area (Å²) >= 11 is 3.98. The monoisotopic (exact) mass is 310 g/mol. The molecule has 3 nitrogen and oxygen atoms in total. The van der Waals surface area contributed by atoms with Crippen molar-refractivity contribution in [1.29, 1.82) is 0 Å². The number of carbonyl (C=O) groups is 1. The van der Waals surface area contributed by atoms with Gasteiger partial charge in [0.05, 0.1) is 5.39 Å². The number of ketones is 1. The van der Waals surface area contributed by atoms with Crippen molar-refractivity contribution in [1.82, 2.24) is 0 Å². The van der Waals surface area contributed by atoms with Gasteiger partial charge in [-0.3, -0.25) is 9.59 Å². The van der Waals surface area contributed by atoms with E-state index in [1.807, 2.05) is 30.3 Å². The van der Waals surface area contributed by atoms with Gasteiger partial charge in [0, 0.05) is 23.8 Å². The molecule has 0 saturated carbocycles. The Morgan fingerprint density at radius 3 is 2.55 bits per heavy atom. The van der Waals surface area contributed by atoms with Crippen LogP contribution in [0.3, 0.4) is 0 Å². The first-order valence-electron chi connectivity index (χ1n) is 6.92. The van der Waals surface area contributed by atoms with E-state index in [2.05, 4.69) is 12.6 Å². The summed E-state index contributed by atoms with van der Waals surface area (Å²) in [4.78, 5) is 23.7. The molecule has 0 saturated heterocycles. The van der Waals surface area contributed by atoms with Crippen LogP contribution < -0.4 is 5.43 Å². The normalized spacial score (nSPS) is 10.8. The van der Waals surface area contributed by atoms with Crippen LogP contribution in [0.25, 0.3) is 22.3 Å². The van der Waals surface area contributed by atoms with E-state index in [1.165, 1.54) is 6.07 Å². The molecule has 0 aliphatic heterocycles. The summed E-state index contributed by atoms with van der Waals surface area (Å²) < 4.78 is 5.85. The molecular weight excluding hydrogens is 296 g/mol. The Morgan fingerprint density at radius 2 is 1.82 bits per heavy atom. The first-order valence-corrected chi connectivity index (χ1v) is 7.55. The largest absolute Gasteiger partial charge is 0.456 e. The first-order chi connectivity index (χ1) is 10.7. The van der Waals surface area contributed by atoms with Gasteiger partial charge in [0.2, 0.25) is 0 Å². The molecule has 0 aliphatic rings. The van der Waals surface area contributed by atoms with Crippen molar-refractivity contribution < 1.29 is 9.21 Å². The Hall–Kier alpha value is -2.33. The molecule has 0 spiro atoms. The SMILES string of the molecule is O=C(CS)Cc1ccc2c(=O)cc(-c3ccccc3)oc2c1. The van der Waals surface area contributed by atoms with E-state index in [0.29, 0.717) is 23.2 Å². The van der Waals surface area contributed by atoms with Gasteiger partial charge >= 0.3 is 0 Å². The highest BCUT2D eigenvalue weighted by Crippen LogP contribution is 2.22. The van der Waals surface area contributed by atoms with Crippen molar-refractivity contribution >= 4 is 29.4 Å². The number of fused-ring (bicyclic) bond motifs is 1. The number of hydrogen-bond donors (Lipinski definition) is 1. The van der Waals surface area contributed by atoms with Crippen molar-refractivity contribution in [2.24, 2.45) is 0 Å². The molecule has 0 fully saturated rings. The summed E-state index contributed by atoms with van der Waals surface area (Å²) in [5, 5.41) is 0.516. The molecule has 4 heteroatoms. The molecule has 1 aromatic heterocycles. The summed E-state index contributed by atoms with van der Waals surface area (Å²) in [6.07, 6.45) is 0.290. The van der Waals surface area contributed by atoms with Gasteiger partial charge in [-0.15, -0.1) is 0 Å². The second kappa shape index (κ2) is 6.20. The third-order valence-electron chi connectivity index (χ3n) is 3.43. The van der Waals surface area contributed by atoms with Crippen LogP contribution in [0.5, 0.6) is 0 Å². The molecule has 2 aromatic carbocycles. The van der Waals surface area contributed by atoms with Crippen molar-refractivity contribution in [3.8, 4) is 11.3 Å². The molecular formula is C18H14O3S. The number of hydrogen-bond acceptors (Lipinski definition) is 4. The van der Waals surface area contributed by atoms with Crippen LogP contribution in [0.4, 0.5) is 0 Å². The fraction of sp³-hybridized carbons (Fsp3) is 0.111. The topological polar surface area (TPSA) is 47.3 Å². The van der Waals surface area contributed by atoms with E-state index in [9.17, 15) is 9.59 Å². The molecule has 0 N–H and O–H groups in total. The van der Waals surface area contributed by atoms with Gasteiger partial charge in [-0.1, -0.05) is 36.4 Å². The highest BCUT2D eigenvalue weighted by molar-refractivity contribution is 7.81. The molecule has 0 atom stereocenters. The lowest BCUT2D eigenvalue weighted by Crippen LogP contribution is -2.05. The minimum Gasteiger partial charge on any atom is -0.456 e. The number of benzene rings is 2. The standard InChI is InChI=1S/C18H14O3S/c19-14(11-22)8-12-6-7-15-16(20)10-17(21-18(15)9-12)13-4-2-1-3-5-13/h1-7,9-10,22H,8,11H2. The second-order valence-corrected chi connectivity index (χ2v) is 5.36. The Balaban J connectivity index is 2.11. The maximum absolute atomic E-state index is 12.2. The Labute approximate surface area is 133 Å². The highest BCUT2D eigenvalue weighted by atomic mass is 32.1. The van der Waals surface area contributed by atoms with Crippen LogP contribution in [0, 0.1) is 0 Å². The lowest BCUT2D eigenvalue weighted by atomic mass is 10.1. The highest BCUT2D eigenvalue weighted by Gasteiger charge is 2.09. The number of thiol groups is 1. The van der Waals surface area contributed by atoms with Crippen LogP contribution in [-0.4, -0.2) is 11.5 Å². The zero-order valence-corrected chi connectivity index (χ0v) is 12.7. The number of carbonyl (C=O) groups excluding carboxylic acids is 1. The molecule has 3 rings (SSSR count). The first kappa shape index (κ1) is 14.6. The van der Waals surface area contributed by atoms with Gasteiger partial charge < -0.3 is 4.42 Å². The number of Topliss-reactive ketones (excluding diaryl/α,β-unsaturated/α-hetero) is 1. The lowest BCUT2D eigenvalue weighted by molar-refractivity contribution is -0.115. The minimum atomic E-state index is -0.0906. The predicted molar refractivity (Wildman–Crippen MR) is 90.5 cm³/mol. The van der Waals surface area contributed by atoms with Crippen molar-refractivity contribution in [3.63, 3.8) is 0 Å². The van der Waals surface area contributed by atoms with Gasteiger partial charge in [-0.25, -0.2) is 0 Å². The predicted octanol–water partition coefficient (Wildman–Crippen LogP) is 3.50. The van der Waals surface area contributed by atoms with Crippen molar-refractivity contribution in [2.45, 2.75) is 6.42 Å². The molecule has 0 aliphatic carbocycles. The lowest BCUT2D eigenvalue weighted by Gasteiger charge is -2.05. The summed E-state index contributed by atoms with van der Waals surface area (Å²) in [7, 11) is 0. The zero-order valence-electron chi connectivity index (χ0n) is 11.8. The van der Waals surface area contributed by atoms with E-state index < -0.39 is 0 Å². The molecule has 0 radical (unpaired) electrons. The third kappa shape index (κ3) is 2.97. The van der Waals surface area contributed by atoms with Crippen LogP contribution in [0.1, 0.15) is 5.56 Å². The van der Waals surface area contributed by atoms with E-state index in [0.717, 1.165) is 11.1 Å². The van der Waals surface area contributed by atoms with E-state index in [1.54, 1.807) is 18.2 Å². The van der Waals surface area contributed by atoms with Crippen LogP contribution in [0.2, 0.25) is 0 Å². The summed E-state index contributed by atoms with van der Waals surface area (Å²) in [5.74, 6) is 0.756. The Kier molecular flexibility index (Phi) is 4.11. The van der Waals surface area contributed by atoms with Gasteiger partial charge in [-0.2, -0.15) is 12.6 Å². The maximum atomic E-state index is 12.2. The maximum Gasteiger partial charge on any atom is 0.193 e. The van der Waals surface area contributed by atoms with Crippen LogP contribution in [-0.2, 0) is 11.2 Å². The fourth-order valence-electron chi connectivity index (χ4n) is 2.34. The van der Waals surface area contributed by atoms with Crippen LogP contribution in [0.15, 0.2) is 63.8 Å². The minimum absolute atomic E-state index is 0.0317. The second-order valence-electron chi connectivity index (χ2n) is 5.05. The van der Waals surface area contributed by atoms with E-state index >= 15 is 0 Å². The van der Waals surface area contributed by atoms with Gasteiger partial charge in [0.15, 0.2) is 5.43 Å². The van der Waals surface area contributed by atoms with Gasteiger partial charge in [0.1, 0.15) is 17.1 Å². The van der Waals surface area contributed by atoms with Crippen molar-refractivity contribution in [3.05, 3.63) is 70.4 Å². The van der Waals surface area contributed by atoms with Crippen molar-refractivity contribution in [2.75, 3.05) is 5.75 Å².